The number of hydrogen-bond acceptors (Lipinski definition) is 3. The zero-order valence-electron chi connectivity index (χ0n) is 18.9. The van der Waals surface area contributed by atoms with E-state index in [0.29, 0.717) is 23.4 Å². The Labute approximate surface area is 187 Å². The molecular formula is C27H38N2O2. The van der Waals surface area contributed by atoms with E-state index in [1.807, 2.05) is 0 Å². The predicted octanol–water partition coefficient (Wildman–Crippen LogP) is 5.29. The molecule has 1 amide bonds. The zero-order chi connectivity index (χ0) is 20.8. The molecule has 5 aliphatic rings. The molecule has 3 unspecified atom stereocenters. The lowest BCUT2D eigenvalue weighted by atomic mass is 9.73. The summed E-state index contributed by atoms with van der Waals surface area (Å²) in [6, 6.07) is 10.3. The Morgan fingerprint density at radius 1 is 0.935 bits per heavy atom. The average molecular weight is 423 g/mol. The summed E-state index contributed by atoms with van der Waals surface area (Å²) in [7, 11) is 0. The molecular weight excluding hydrogens is 384 g/mol. The van der Waals surface area contributed by atoms with Gasteiger partial charge in [-0.05, 0) is 113 Å². The third-order valence-corrected chi connectivity index (χ3v) is 9.54. The molecule has 2 saturated carbocycles. The number of likely N-dealkylation sites (tertiary alicyclic amines) is 2. The van der Waals surface area contributed by atoms with Crippen molar-refractivity contribution in [2.45, 2.75) is 101 Å². The summed E-state index contributed by atoms with van der Waals surface area (Å²) in [6.07, 6.45) is 14.8. The molecule has 1 aromatic carbocycles. The van der Waals surface area contributed by atoms with Crippen LogP contribution in [0.15, 0.2) is 24.3 Å². The largest absolute Gasteiger partial charge is 0.446 e. The molecule has 0 bridgehead atoms. The van der Waals surface area contributed by atoms with E-state index in [1.165, 1.54) is 64.5 Å². The van der Waals surface area contributed by atoms with Gasteiger partial charge < -0.3 is 14.5 Å². The second-order valence-electron chi connectivity index (χ2n) is 11.1. The van der Waals surface area contributed by atoms with Crippen molar-refractivity contribution in [2.24, 2.45) is 5.92 Å². The van der Waals surface area contributed by atoms with Crippen LogP contribution < -0.4 is 0 Å². The number of carbonyl (C=O) groups excluding carboxylic acids is 1. The van der Waals surface area contributed by atoms with Crippen molar-refractivity contribution in [1.82, 2.24) is 9.80 Å². The molecule has 1 aromatic rings. The number of hydrogen-bond donors (Lipinski definition) is 0. The van der Waals surface area contributed by atoms with Gasteiger partial charge in [0.2, 0.25) is 0 Å². The number of amides is 1. The SMILES string of the molecule is O=C(OC1CCCC1)N1CCCC2CC(N3CCC4(CCc5ccccc54)CC3)CC21. The van der Waals surface area contributed by atoms with Gasteiger partial charge in [0, 0.05) is 18.6 Å². The molecule has 0 aromatic heterocycles. The van der Waals surface area contributed by atoms with Crippen LogP contribution in [0.3, 0.4) is 0 Å². The molecule has 0 radical (unpaired) electrons. The van der Waals surface area contributed by atoms with Gasteiger partial charge in [-0.2, -0.15) is 0 Å². The van der Waals surface area contributed by atoms with Gasteiger partial charge >= 0.3 is 6.09 Å². The van der Waals surface area contributed by atoms with Gasteiger partial charge in [0.25, 0.3) is 0 Å². The smallest absolute Gasteiger partial charge is 0.410 e. The van der Waals surface area contributed by atoms with E-state index < -0.39 is 0 Å². The van der Waals surface area contributed by atoms with Crippen LogP contribution in [0.5, 0.6) is 0 Å². The number of carbonyl (C=O) groups is 1. The van der Waals surface area contributed by atoms with Gasteiger partial charge in [0.15, 0.2) is 0 Å². The third-order valence-electron chi connectivity index (χ3n) is 9.54. The molecule has 0 N–H and O–H groups in total. The Morgan fingerprint density at radius 2 is 1.74 bits per heavy atom. The summed E-state index contributed by atoms with van der Waals surface area (Å²) >= 11 is 0. The Bertz CT molecular complexity index is 809. The number of fused-ring (bicyclic) bond motifs is 3. The maximum atomic E-state index is 13.0. The number of rotatable bonds is 2. The third kappa shape index (κ3) is 3.59. The van der Waals surface area contributed by atoms with E-state index in [4.69, 9.17) is 4.74 Å². The first-order chi connectivity index (χ1) is 15.2. The Kier molecular flexibility index (Phi) is 5.25. The molecule has 4 heteroatoms. The van der Waals surface area contributed by atoms with E-state index in [0.717, 1.165) is 32.2 Å². The molecule has 2 heterocycles. The fourth-order valence-corrected chi connectivity index (χ4v) is 7.80. The standard InChI is InChI=1S/C27H38N2O2/c30-26(31-23-8-2-3-9-23)29-15-5-7-21-18-22(19-25(21)29)28-16-13-27(14-17-28)12-11-20-6-1-4-10-24(20)27/h1,4,6,10,21-23,25H,2-3,5,7-9,11-19H2. The topological polar surface area (TPSA) is 32.8 Å². The van der Waals surface area contributed by atoms with Gasteiger partial charge in [-0.15, -0.1) is 0 Å². The van der Waals surface area contributed by atoms with E-state index in [9.17, 15) is 4.79 Å². The lowest BCUT2D eigenvalue weighted by Crippen LogP contribution is -2.48. The molecule has 2 aliphatic heterocycles. The Morgan fingerprint density at radius 3 is 2.58 bits per heavy atom. The van der Waals surface area contributed by atoms with E-state index in [-0.39, 0.29) is 12.2 Å². The number of aryl methyl sites for hydroxylation is 1. The van der Waals surface area contributed by atoms with Crippen molar-refractivity contribution in [2.75, 3.05) is 19.6 Å². The van der Waals surface area contributed by atoms with Crippen molar-refractivity contribution in [1.29, 1.82) is 0 Å². The first-order valence-corrected chi connectivity index (χ1v) is 13.0. The maximum absolute atomic E-state index is 13.0. The summed E-state index contributed by atoms with van der Waals surface area (Å²) in [5.41, 5.74) is 3.69. The highest BCUT2D eigenvalue weighted by Crippen LogP contribution is 2.48. The highest BCUT2D eigenvalue weighted by atomic mass is 16.6. The zero-order valence-corrected chi connectivity index (χ0v) is 18.9. The average Bonchev–Trinajstić information content (AvgIpc) is 3.54. The van der Waals surface area contributed by atoms with Crippen molar-refractivity contribution in [3.05, 3.63) is 35.4 Å². The summed E-state index contributed by atoms with van der Waals surface area (Å²) < 4.78 is 5.91. The first kappa shape index (κ1) is 20.1. The quantitative estimate of drug-likeness (QED) is 0.649. The number of nitrogens with zero attached hydrogens (tertiary/aromatic N) is 2. The summed E-state index contributed by atoms with van der Waals surface area (Å²) in [4.78, 5) is 17.9. The molecule has 6 rings (SSSR count). The molecule has 168 valence electrons. The second-order valence-corrected chi connectivity index (χ2v) is 11.1. The maximum Gasteiger partial charge on any atom is 0.410 e. The van der Waals surface area contributed by atoms with Crippen molar-refractivity contribution < 1.29 is 9.53 Å². The van der Waals surface area contributed by atoms with Gasteiger partial charge in [-0.3, -0.25) is 0 Å². The summed E-state index contributed by atoms with van der Waals surface area (Å²) in [5.74, 6) is 0.679. The lowest BCUT2D eigenvalue weighted by molar-refractivity contribution is 0.0348. The fourth-order valence-electron chi connectivity index (χ4n) is 7.80. The highest BCUT2D eigenvalue weighted by Gasteiger charge is 2.47. The minimum atomic E-state index is -0.0117. The lowest BCUT2D eigenvalue weighted by Gasteiger charge is -2.42. The van der Waals surface area contributed by atoms with Crippen LogP contribution in [0.25, 0.3) is 0 Å². The highest BCUT2D eigenvalue weighted by molar-refractivity contribution is 5.68. The molecule has 2 saturated heterocycles. The van der Waals surface area contributed by atoms with Crippen LogP contribution in [0, 0.1) is 5.92 Å². The monoisotopic (exact) mass is 422 g/mol. The second kappa shape index (κ2) is 8.10. The van der Waals surface area contributed by atoms with Crippen molar-refractivity contribution >= 4 is 6.09 Å². The number of benzene rings is 1. The molecule has 1 spiro atoms. The molecule has 31 heavy (non-hydrogen) atoms. The van der Waals surface area contributed by atoms with E-state index in [2.05, 4.69) is 34.1 Å². The van der Waals surface area contributed by atoms with Gasteiger partial charge in [-0.25, -0.2) is 4.79 Å². The van der Waals surface area contributed by atoms with E-state index >= 15 is 0 Å². The van der Waals surface area contributed by atoms with Crippen LogP contribution >= 0.6 is 0 Å². The van der Waals surface area contributed by atoms with Gasteiger partial charge in [0.1, 0.15) is 6.10 Å². The summed E-state index contributed by atoms with van der Waals surface area (Å²) in [6.45, 7) is 3.36. The fraction of sp³-hybridized carbons (Fsp3) is 0.741. The molecule has 3 aliphatic carbocycles. The van der Waals surface area contributed by atoms with E-state index in [1.54, 1.807) is 11.1 Å². The van der Waals surface area contributed by atoms with Crippen LogP contribution in [0.2, 0.25) is 0 Å². The van der Waals surface area contributed by atoms with Crippen LogP contribution in [0.1, 0.15) is 81.8 Å². The summed E-state index contributed by atoms with van der Waals surface area (Å²) in [5, 5.41) is 0. The van der Waals surface area contributed by atoms with Crippen molar-refractivity contribution in [3.63, 3.8) is 0 Å². The molecule has 4 fully saturated rings. The first-order valence-electron chi connectivity index (χ1n) is 13.0. The minimum Gasteiger partial charge on any atom is -0.446 e. The van der Waals surface area contributed by atoms with Gasteiger partial charge in [0.05, 0.1) is 0 Å². The Hall–Kier alpha value is -1.55. The normalized spacial score (nSPS) is 32.9. The molecule has 4 nitrogen and oxygen atoms in total. The van der Waals surface area contributed by atoms with Crippen molar-refractivity contribution in [3.8, 4) is 0 Å². The van der Waals surface area contributed by atoms with Gasteiger partial charge in [-0.1, -0.05) is 24.3 Å². The minimum absolute atomic E-state index is 0.0117. The molecule has 3 atom stereocenters. The number of piperidine rings is 2. The van der Waals surface area contributed by atoms with Crippen LogP contribution in [-0.2, 0) is 16.6 Å². The van der Waals surface area contributed by atoms with Crippen LogP contribution in [-0.4, -0.2) is 53.7 Å². The Balaban J connectivity index is 1.09. The predicted molar refractivity (Wildman–Crippen MR) is 122 cm³/mol. The van der Waals surface area contributed by atoms with Crippen LogP contribution in [0.4, 0.5) is 4.79 Å². The number of ether oxygens (including phenoxy) is 1.